The van der Waals surface area contributed by atoms with Crippen molar-refractivity contribution < 1.29 is 4.39 Å². The molecule has 5 heteroatoms. The van der Waals surface area contributed by atoms with Crippen molar-refractivity contribution in [3.8, 4) is 0 Å². The average molecular weight is 296 g/mol. The fraction of sp³-hybridized carbons (Fsp3) is 0.400. The van der Waals surface area contributed by atoms with Crippen molar-refractivity contribution in [2.45, 2.75) is 25.8 Å². The first kappa shape index (κ1) is 15.0. The molecule has 2 rings (SSSR count). The molecular weight excluding hydrogens is 277 g/mol. The maximum absolute atomic E-state index is 13.1. The molecule has 0 aliphatic heterocycles. The first-order valence-corrected chi connectivity index (χ1v) is 7.14. The molecule has 0 saturated heterocycles. The SMILES string of the molecule is CCNC(CCc1ccnn1C)c1ccc(F)cc1Cl. The van der Waals surface area contributed by atoms with Gasteiger partial charge in [-0.15, -0.1) is 0 Å². The van der Waals surface area contributed by atoms with Gasteiger partial charge in [-0.2, -0.15) is 5.10 Å². The van der Waals surface area contributed by atoms with Gasteiger partial charge in [0.05, 0.1) is 0 Å². The van der Waals surface area contributed by atoms with E-state index >= 15 is 0 Å². The molecule has 0 spiro atoms. The highest BCUT2D eigenvalue weighted by Crippen LogP contribution is 2.27. The maximum Gasteiger partial charge on any atom is 0.124 e. The van der Waals surface area contributed by atoms with E-state index in [1.165, 1.54) is 17.8 Å². The molecule has 108 valence electrons. The number of benzene rings is 1. The van der Waals surface area contributed by atoms with Crippen LogP contribution in [0.5, 0.6) is 0 Å². The van der Waals surface area contributed by atoms with Crippen molar-refractivity contribution in [1.82, 2.24) is 15.1 Å². The van der Waals surface area contributed by atoms with E-state index in [0.717, 1.165) is 24.9 Å². The lowest BCUT2D eigenvalue weighted by Gasteiger charge is -2.19. The summed E-state index contributed by atoms with van der Waals surface area (Å²) >= 11 is 6.15. The summed E-state index contributed by atoms with van der Waals surface area (Å²) in [5.74, 6) is -0.305. The highest BCUT2D eigenvalue weighted by molar-refractivity contribution is 6.31. The van der Waals surface area contributed by atoms with Crippen LogP contribution in [0.15, 0.2) is 30.5 Å². The summed E-state index contributed by atoms with van der Waals surface area (Å²) in [6.45, 7) is 2.89. The van der Waals surface area contributed by atoms with E-state index in [4.69, 9.17) is 11.6 Å². The predicted octanol–water partition coefficient (Wildman–Crippen LogP) is 3.50. The molecular formula is C15H19ClFN3. The van der Waals surface area contributed by atoms with E-state index in [-0.39, 0.29) is 11.9 Å². The third kappa shape index (κ3) is 3.58. The van der Waals surface area contributed by atoms with Crippen LogP contribution in [0.3, 0.4) is 0 Å². The molecule has 0 fully saturated rings. The standard InChI is InChI=1S/C15H19ClFN3/c1-3-18-15(7-5-12-8-9-19-20(12)2)13-6-4-11(17)10-14(13)16/h4,6,8-10,15,18H,3,5,7H2,1-2H3. The molecule has 3 nitrogen and oxygen atoms in total. The van der Waals surface area contributed by atoms with Gasteiger partial charge in [0.2, 0.25) is 0 Å². The summed E-state index contributed by atoms with van der Waals surface area (Å²) in [6.07, 6.45) is 3.57. The zero-order valence-electron chi connectivity index (χ0n) is 11.7. The van der Waals surface area contributed by atoms with Gasteiger partial charge in [0.15, 0.2) is 0 Å². The Kier molecular flexibility index (Phi) is 5.15. The Morgan fingerprint density at radius 2 is 2.20 bits per heavy atom. The van der Waals surface area contributed by atoms with Gasteiger partial charge in [0.25, 0.3) is 0 Å². The average Bonchev–Trinajstić information content (AvgIpc) is 2.81. The van der Waals surface area contributed by atoms with Crippen molar-refractivity contribution in [3.63, 3.8) is 0 Å². The first-order chi connectivity index (χ1) is 9.61. The smallest absolute Gasteiger partial charge is 0.124 e. The first-order valence-electron chi connectivity index (χ1n) is 6.77. The van der Waals surface area contributed by atoms with Crippen LogP contribution in [0.4, 0.5) is 4.39 Å². The number of aryl methyl sites for hydroxylation is 2. The van der Waals surface area contributed by atoms with Gasteiger partial charge in [-0.1, -0.05) is 24.6 Å². The number of hydrogen-bond donors (Lipinski definition) is 1. The van der Waals surface area contributed by atoms with Crippen molar-refractivity contribution in [2.75, 3.05) is 6.54 Å². The van der Waals surface area contributed by atoms with Crippen LogP contribution in [0.25, 0.3) is 0 Å². The highest BCUT2D eigenvalue weighted by Gasteiger charge is 2.15. The summed E-state index contributed by atoms with van der Waals surface area (Å²) in [5.41, 5.74) is 2.11. The van der Waals surface area contributed by atoms with Crippen LogP contribution in [-0.4, -0.2) is 16.3 Å². The summed E-state index contributed by atoms with van der Waals surface area (Å²) < 4.78 is 15.0. The van der Waals surface area contributed by atoms with E-state index in [1.807, 2.05) is 17.8 Å². The van der Waals surface area contributed by atoms with Crippen molar-refractivity contribution >= 4 is 11.6 Å². The highest BCUT2D eigenvalue weighted by atomic mass is 35.5. The van der Waals surface area contributed by atoms with Gasteiger partial charge in [0, 0.05) is 30.0 Å². The third-order valence-corrected chi connectivity index (χ3v) is 3.73. The molecule has 0 radical (unpaired) electrons. The van der Waals surface area contributed by atoms with Crippen LogP contribution in [0.2, 0.25) is 5.02 Å². The Labute approximate surface area is 123 Å². The van der Waals surface area contributed by atoms with Crippen molar-refractivity contribution in [2.24, 2.45) is 7.05 Å². The van der Waals surface area contributed by atoms with Gasteiger partial charge in [0.1, 0.15) is 5.82 Å². The van der Waals surface area contributed by atoms with E-state index in [9.17, 15) is 4.39 Å². The Bertz CT molecular complexity index is 568. The maximum atomic E-state index is 13.1. The molecule has 0 aliphatic carbocycles. The third-order valence-electron chi connectivity index (χ3n) is 3.40. The van der Waals surface area contributed by atoms with Gasteiger partial charge >= 0.3 is 0 Å². The van der Waals surface area contributed by atoms with Crippen molar-refractivity contribution in [1.29, 1.82) is 0 Å². The molecule has 20 heavy (non-hydrogen) atoms. The number of nitrogens with one attached hydrogen (secondary N) is 1. The molecule has 2 aromatic rings. The van der Waals surface area contributed by atoms with Crippen LogP contribution in [-0.2, 0) is 13.5 Å². The number of nitrogens with zero attached hydrogens (tertiary/aromatic N) is 2. The van der Waals surface area contributed by atoms with E-state index in [1.54, 1.807) is 12.3 Å². The minimum absolute atomic E-state index is 0.114. The number of rotatable bonds is 6. The van der Waals surface area contributed by atoms with E-state index < -0.39 is 0 Å². The lowest BCUT2D eigenvalue weighted by atomic mass is 10.0. The second-order valence-electron chi connectivity index (χ2n) is 4.76. The fourth-order valence-electron chi connectivity index (χ4n) is 2.34. The molecule has 1 atom stereocenters. The van der Waals surface area contributed by atoms with Crippen LogP contribution >= 0.6 is 11.6 Å². The molecule has 0 saturated carbocycles. The predicted molar refractivity (Wildman–Crippen MR) is 79.4 cm³/mol. The van der Waals surface area contributed by atoms with Crippen LogP contribution in [0.1, 0.15) is 30.6 Å². The molecule has 0 bridgehead atoms. The van der Waals surface area contributed by atoms with E-state index in [2.05, 4.69) is 17.3 Å². The second kappa shape index (κ2) is 6.86. The van der Waals surface area contributed by atoms with E-state index in [0.29, 0.717) is 5.02 Å². The minimum Gasteiger partial charge on any atom is -0.310 e. The van der Waals surface area contributed by atoms with Gasteiger partial charge in [-0.05, 0) is 43.1 Å². The van der Waals surface area contributed by atoms with Crippen molar-refractivity contribution in [3.05, 3.63) is 52.6 Å². The Hall–Kier alpha value is -1.39. The number of halogens is 2. The lowest BCUT2D eigenvalue weighted by Crippen LogP contribution is -2.22. The Morgan fingerprint density at radius 1 is 1.40 bits per heavy atom. The molecule has 1 aromatic heterocycles. The largest absolute Gasteiger partial charge is 0.310 e. The molecule has 0 aliphatic rings. The summed E-state index contributed by atoms with van der Waals surface area (Å²) in [6, 6.07) is 6.70. The number of aromatic nitrogens is 2. The normalized spacial score (nSPS) is 12.6. The van der Waals surface area contributed by atoms with Crippen LogP contribution < -0.4 is 5.32 Å². The Balaban J connectivity index is 2.12. The second-order valence-corrected chi connectivity index (χ2v) is 5.17. The quantitative estimate of drug-likeness (QED) is 0.884. The monoisotopic (exact) mass is 295 g/mol. The molecule has 0 amide bonds. The zero-order chi connectivity index (χ0) is 14.5. The molecule has 1 N–H and O–H groups in total. The molecule has 1 heterocycles. The topological polar surface area (TPSA) is 29.9 Å². The van der Waals surface area contributed by atoms with Gasteiger partial charge in [-0.25, -0.2) is 4.39 Å². The summed E-state index contributed by atoms with van der Waals surface area (Å²) in [7, 11) is 1.93. The Morgan fingerprint density at radius 3 is 2.80 bits per heavy atom. The minimum atomic E-state index is -0.305. The summed E-state index contributed by atoms with van der Waals surface area (Å²) in [4.78, 5) is 0. The van der Waals surface area contributed by atoms with Crippen LogP contribution in [0, 0.1) is 5.82 Å². The van der Waals surface area contributed by atoms with Gasteiger partial charge < -0.3 is 5.32 Å². The number of hydrogen-bond acceptors (Lipinski definition) is 2. The zero-order valence-corrected chi connectivity index (χ0v) is 12.5. The van der Waals surface area contributed by atoms with Gasteiger partial charge in [-0.3, -0.25) is 4.68 Å². The lowest BCUT2D eigenvalue weighted by molar-refractivity contribution is 0.505. The molecule has 1 aromatic carbocycles. The fourth-order valence-corrected chi connectivity index (χ4v) is 2.64. The summed E-state index contributed by atoms with van der Waals surface area (Å²) in [5, 5.41) is 8.04. The molecule has 1 unspecified atom stereocenters.